The number of hydrogen-bond donors (Lipinski definition) is 1. The van der Waals surface area contributed by atoms with Crippen molar-refractivity contribution in [3.63, 3.8) is 0 Å². The number of fused-ring (bicyclic) bond motifs is 1. The van der Waals surface area contributed by atoms with Gasteiger partial charge in [0.15, 0.2) is 5.82 Å². The summed E-state index contributed by atoms with van der Waals surface area (Å²) in [5.41, 5.74) is 6.05. The lowest BCUT2D eigenvalue weighted by molar-refractivity contribution is 0.374. The van der Waals surface area contributed by atoms with Crippen molar-refractivity contribution in [1.82, 2.24) is 10.2 Å². The summed E-state index contributed by atoms with van der Waals surface area (Å²) in [6.07, 6.45) is 7.51. The molecule has 21 heavy (non-hydrogen) atoms. The molecular formula is C17H24N4. The molecule has 0 saturated heterocycles. The first-order valence-corrected chi connectivity index (χ1v) is 8.02. The zero-order valence-corrected chi connectivity index (χ0v) is 12.7. The van der Waals surface area contributed by atoms with Crippen LogP contribution in [-0.4, -0.2) is 28.8 Å². The molecule has 4 nitrogen and oxygen atoms in total. The third-order valence-electron chi connectivity index (χ3n) is 4.47. The van der Waals surface area contributed by atoms with E-state index in [0.29, 0.717) is 12.1 Å². The van der Waals surface area contributed by atoms with Gasteiger partial charge in [0.2, 0.25) is 0 Å². The van der Waals surface area contributed by atoms with E-state index in [-0.39, 0.29) is 0 Å². The van der Waals surface area contributed by atoms with Crippen LogP contribution in [0.2, 0.25) is 0 Å². The highest BCUT2D eigenvalue weighted by atomic mass is 15.3. The van der Waals surface area contributed by atoms with Crippen molar-refractivity contribution in [2.75, 3.05) is 11.4 Å². The first kappa shape index (κ1) is 14.3. The Balaban J connectivity index is 1.95. The topological polar surface area (TPSA) is 55.0 Å². The van der Waals surface area contributed by atoms with E-state index in [4.69, 9.17) is 5.73 Å². The Kier molecular flexibility index (Phi) is 4.34. The summed E-state index contributed by atoms with van der Waals surface area (Å²) in [4.78, 5) is 2.46. The van der Waals surface area contributed by atoms with Gasteiger partial charge in [0, 0.05) is 29.4 Å². The third-order valence-corrected chi connectivity index (χ3v) is 4.47. The molecule has 1 aliphatic rings. The smallest absolute Gasteiger partial charge is 0.159 e. The van der Waals surface area contributed by atoms with Gasteiger partial charge in [-0.05, 0) is 32.1 Å². The maximum absolute atomic E-state index is 6.05. The number of nitrogens with two attached hydrogens (primary N) is 1. The minimum atomic E-state index is 0.378. The Morgan fingerprint density at radius 1 is 1.19 bits per heavy atom. The molecule has 1 fully saturated rings. The van der Waals surface area contributed by atoms with Crippen LogP contribution in [0, 0.1) is 0 Å². The van der Waals surface area contributed by atoms with Gasteiger partial charge in [0.05, 0.1) is 6.20 Å². The Morgan fingerprint density at radius 2 is 1.95 bits per heavy atom. The van der Waals surface area contributed by atoms with Crippen LogP contribution in [0.15, 0.2) is 30.5 Å². The van der Waals surface area contributed by atoms with Crippen LogP contribution in [0.4, 0.5) is 5.82 Å². The summed E-state index contributed by atoms with van der Waals surface area (Å²) < 4.78 is 0. The number of benzene rings is 1. The highest BCUT2D eigenvalue weighted by Crippen LogP contribution is 2.30. The number of aromatic nitrogens is 2. The molecule has 0 radical (unpaired) electrons. The Hall–Kier alpha value is -1.68. The highest BCUT2D eigenvalue weighted by Gasteiger charge is 2.26. The summed E-state index contributed by atoms with van der Waals surface area (Å²) in [6, 6.07) is 9.31. The van der Waals surface area contributed by atoms with Crippen molar-refractivity contribution >= 4 is 16.6 Å². The molecule has 2 aromatic rings. The van der Waals surface area contributed by atoms with Crippen molar-refractivity contribution in [1.29, 1.82) is 0 Å². The molecule has 0 spiro atoms. The van der Waals surface area contributed by atoms with Crippen LogP contribution in [0.5, 0.6) is 0 Å². The standard InChI is InChI=1S/C17H24N4/c1-2-11-21(15-9-7-14(18)8-10-15)17-16-6-4-3-5-13(16)12-19-20-17/h3-6,12,14-15H,2,7-11,18H2,1H3. The van der Waals surface area contributed by atoms with Gasteiger partial charge in [-0.15, -0.1) is 5.10 Å². The van der Waals surface area contributed by atoms with Crippen LogP contribution in [0.3, 0.4) is 0 Å². The van der Waals surface area contributed by atoms with E-state index in [9.17, 15) is 0 Å². The molecule has 3 rings (SSSR count). The van der Waals surface area contributed by atoms with Gasteiger partial charge in [0.25, 0.3) is 0 Å². The zero-order chi connectivity index (χ0) is 14.7. The molecule has 0 atom stereocenters. The Morgan fingerprint density at radius 3 is 2.71 bits per heavy atom. The van der Waals surface area contributed by atoms with Gasteiger partial charge in [-0.25, -0.2) is 0 Å². The zero-order valence-electron chi connectivity index (χ0n) is 12.7. The fourth-order valence-corrected chi connectivity index (χ4v) is 3.34. The van der Waals surface area contributed by atoms with Crippen LogP contribution < -0.4 is 10.6 Å². The van der Waals surface area contributed by atoms with Gasteiger partial charge in [-0.1, -0.05) is 31.2 Å². The summed E-state index contributed by atoms with van der Waals surface area (Å²) >= 11 is 0. The highest BCUT2D eigenvalue weighted by molar-refractivity contribution is 5.91. The minimum Gasteiger partial charge on any atom is -0.352 e. The second-order valence-electron chi connectivity index (χ2n) is 6.02. The number of anilines is 1. The first-order valence-electron chi connectivity index (χ1n) is 8.02. The van der Waals surface area contributed by atoms with Gasteiger partial charge in [-0.2, -0.15) is 5.10 Å². The maximum atomic E-state index is 6.05. The molecule has 4 heteroatoms. The first-order chi connectivity index (χ1) is 10.3. The lowest BCUT2D eigenvalue weighted by Crippen LogP contribution is -2.42. The van der Waals surface area contributed by atoms with E-state index in [1.54, 1.807) is 0 Å². The van der Waals surface area contributed by atoms with Crippen LogP contribution in [-0.2, 0) is 0 Å². The minimum absolute atomic E-state index is 0.378. The molecule has 1 aromatic carbocycles. The molecule has 0 bridgehead atoms. The van der Waals surface area contributed by atoms with E-state index in [0.717, 1.165) is 49.9 Å². The average Bonchev–Trinajstić information content (AvgIpc) is 2.53. The SMILES string of the molecule is CCCN(c1nncc2ccccc12)C1CCC(N)CC1. The number of rotatable bonds is 4. The third kappa shape index (κ3) is 3.00. The molecule has 0 aliphatic heterocycles. The van der Waals surface area contributed by atoms with Crippen LogP contribution in [0.25, 0.3) is 10.8 Å². The lowest BCUT2D eigenvalue weighted by Gasteiger charge is -2.37. The number of hydrogen-bond acceptors (Lipinski definition) is 4. The maximum Gasteiger partial charge on any atom is 0.159 e. The van der Waals surface area contributed by atoms with Gasteiger partial charge in [0.1, 0.15) is 0 Å². The van der Waals surface area contributed by atoms with Gasteiger partial charge >= 0.3 is 0 Å². The van der Waals surface area contributed by atoms with Gasteiger partial charge in [-0.3, -0.25) is 0 Å². The van der Waals surface area contributed by atoms with Crippen molar-refractivity contribution in [3.8, 4) is 0 Å². The van der Waals surface area contributed by atoms with Gasteiger partial charge < -0.3 is 10.6 Å². The van der Waals surface area contributed by atoms with Crippen molar-refractivity contribution in [3.05, 3.63) is 30.5 Å². The van der Waals surface area contributed by atoms with Crippen LogP contribution in [0.1, 0.15) is 39.0 Å². The summed E-state index contributed by atoms with van der Waals surface area (Å²) in [7, 11) is 0. The number of nitrogens with zero attached hydrogens (tertiary/aromatic N) is 3. The molecular weight excluding hydrogens is 260 g/mol. The molecule has 1 heterocycles. The molecule has 1 saturated carbocycles. The Labute approximate surface area is 126 Å². The molecule has 0 unspecified atom stereocenters. The van der Waals surface area contributed by atoms with Crippen LogP contribution >= 0.6 is 0 Å². The molecule has 0 amide bonds. The van der Waals surface area contributed by atoms with Crippen molar-refractivity contribution < 1.29 is 0 Å². The van der Waals surface area contributed by atoms with E-state index in [2.05, 4.69) is 46.3 Å². The monoisotopic (exact) mass is 284 g/mol. The van der Waals surface area contributed by atoms with Crippen molar-refractivity contribution in [2.24, 2.45) is 5.73 Å². The normalized spacial score (nSPS) is 22.4. The predicted molar refractivity (Wildman–Crippen MR) is 87.4 cm³/mol. The largest absolute Gasteiger partial charge is 0.352 e. The summed E-state index contributed by atoms with van der Waals surface area (Å²) in [5, 5.41) is 11.0. The van der Waals surface area contributed by atoms with E-state index in [1.807, 2.05) is 6.20 Å². The van der Waals surface area contributed by atoms with E-state index in [1.165, 1.54) is 5.39 Å². The molecule has 2 N–H and O–H groups in total. The van der Waals surface area contributed by atoms with E-state index < -0.39 is 0 Å². The van der Waals surface area contributed by atoms with E-state index >= 15 is 0 Å². The second-order valence-corrected chi connectivity index (χ2v) is 6.02. The fourth-order valence-electron chi connectivity index (χ4n) is 3.34. The molecule has 1 aliphatic carbocycles. The predicted octanol–water partition coefficient (Wildman–Crippen LogP) is 3.12. The molecule has 1 aromatic heterocycles. The average molecular weight is 284 g/mol. The fraction of sp³-hybridized carbons (Fsp3) is 0.529. The summed E-state index contributed by atoms with van der Waals surface area (Å²) in [6.45, 7) is 3.25. The molecule has 112 valence electrons. The lowest BCUT2D eigenvalue weighted by atomic mass is 9.90. The Bertz CT molecular complexity index is 585. The summed E-state index contributed by atoms with van der Waals surface area (Å²) in [5.74, 6) is 1.04. The second kappa shape index (κ2) is 6.39. The van der Waals surface area contributed by atoms with Crippen molar-refractivity contribution in [2.45, 2.75) is 51.1 Å². The quantitative estimate of drug-likeness (QED) is 0.937.